The van der Waals surface area contributed by atoms with Crippen LogP contribution in [-0.2, 0) is 14.8 Å². The molecule has 9 heteroatoms. The zero-order valence-electron chi connectivity index (χ0n) is 16.5. The minimum absolute atomic E-state index is 0.0395. The molecule has 31 heavy (non-hydrogen) atoms. The number of rotatable bonds is 6. The van der Waals surface area contributed by atoms with E-state index in [9.17, 15) is 18.3 Å². The van der Waals surface area contributed by atoms with Crippen LogP contribution in [0.4, 0.5) is 5.69 Å². The number of hydrogen-bond donors (Lipinski definition) is 3. The summed E-state index contributed by atoms with van der Waals surface area (Å²) >= 11 is 6.12. The highest BCUT2D eigenvalue weighted by Crippen LogP contribution is 2.35. The Morgan fingerprint density at radius 3 is 2.26 bits per heavy atom. The van der Waals surface area contributed by atoms with Gasteiger partial charge >= 0.3 is 0 Å². The van der Waals surface area contributed by atoms with Crippen molar-refractivity contribution in [2.75, 3.05) is 4.31 Å². The largest absolute Gasteiger partial charge is 0.507 e. The van der Waals surface area contributed by atoms with Gasteiger partial charge in [-0.2, -0.15) is 0 Å². The summed E-state index contributed by atoms with van der Waals surface area (Å²) in [7, 11) is -4.27. The Bertz CT molecular complexity index is 1240. The average Bonchev–Trinajstić information content (AvgIpc) is 2.77. The van der Waals surface area contributed by atoms with Crippen LogP contribution in [0, 0.1) is 0 Å². The molecule has 0 bridgehead atoms. The predicted octanol–water partition coefficient (Wildman–Crippen LogP) is 3.66. The summed E-state index contributed by atoms with van der Waals surface area (Å²) in [5.74, 6) is 4.43. The topological polar surface area (TPSA) is 113 Å². The molecule has 0 aliphatic heterocycles. The number of amides is 1. The zero-order chi connectivity index (χ0) is 22.6. The van der Waals surface area contributed by atoms with Gasteiger partial charge < -0.3 is 5.11 Å². The van der Waals surface area contributed by atoms with Crippen LogP contribution in [-0.4, -0.2) is 19.4 Å². The number of hydrogen-bond acceptors (Lipinski definition) is 5. The Morgan fingerprint density at radius 1 is 1.00 bits per heavy atom. The fraction of sp³-hybridized carbons (Fsp3) is 0.0455. The maximum Gasteiger partial charge on any atom is 0.283 e. The van der Waals surface area contributed by atoms with Gasteiger partial charge in [0.15, 0.2) is 0 Å². The normalized spacial score (nSPS) is 12.1. The smallest absolute Gasteiger partial charge is 0.283 e. The molecule has 7 nitrogen and oxygen atoms in total. The number of para-hydroxylation sites is 1. The summed E-state index contributed by atoms with van der Waals surface area (Å²) in [5.41, 5.74) is 2.32. The molecule has 0 aliphatic rings. The van der Waals surface area contributed by atoms with Crippen molar-refractivity contribution in [3.05, 3.63) is 95.1 Å². The Balaban J connectivity index is 2.39. The van der Waals surface area contributed by atoms with Crippen LogP contribution in [0.15, 0.2) is 89.5 Å². The molecule has 0 spiro atoms. The number of sulfonamides is 1. The highest BCUT2D eigenvalue weighted by atomic mass is 35.5. The van der Waals surface area contributed by atoms with Crippen LogP contribution < -0.4 is 15.6 Å². The van der Waals surface area contributed by atoms with Crippen LogP contribution in [0.1, 0.15) is 12.5 Å². The molecule has 0 heterocycles. The van der Waals surface area contributed by atoms with Crippen molar-refractivity contribution in [3.8, 4) is 5.75 Å². The third-order valence-electron chi connectivity index (χ3n) is 4.54. The second-order valence-corrected chi connectivity index (χ2v) is 8.75. The van der Waals surface area contributed by atoms with E-state index in [4.69, 9.17) is 17.4 Å². The number of nitrogens with two attached hydrogens (primary N) is 1. The number of anilines is 1. The highest BCUT2D eigenvalue weighted by Gasteiger charge is 2.34. The minimum atomic E-state index is -4.27. The highest BCUT2D eigenvalue weighted by molar-refractivity contribution is 7.93. The summed E-state index contributed by atoms with van der Waals surface area (Å²) in [6.45, 7) is 1.53. The number of hydrazine groups is 1. The van der Waals surface area contributed by atoms with E-state index in [1.807, 2.05) is 5.43 Å². The molecule has 0 atom stereocenters. The summed E-state index contributed by atoms with van der Waals surface area (Å²) in [5, 5.41) is 10.6. The van der Waals surface area contributed by atoms with E-state index in [1.54, 1.807) is 48.5 Å². The monoisotopic (exact) mass is 457 g/mol. The van der Waals surface area contributed by atoms with Crippen LogP contribution in [0.25, 0.3) is 5.57 Å². The third-order valence-corrected chi connectivity index (χ3v) is 6.51. The average molecular weight is 458 g/mol. The number of allylic oxidation sites excluding steroid dienone is 1. The van der Waals surface area contributed by atoms with Gasteiger partial charge in [0.05, 0.1) is 10.6 Å². The maximum absolute atomic E-state index is 13.7. The zero-order valence-corrected chi connectivity index (χ0v) is 18.1. The number of nitrogens with zero attached hydrogens (tertiary/aromatic N) is 1. The van der Waals surface area contributed by atoms with Crippen LogP contribution in [0.2, 0.25) is 5.02 Å². The van der Waals surface area contributed by atoms with Gasteiger partial charge in [-0.3, -0.25) is 10.2 Å². The molecule has 0 radical (unpaired) electrons. The molecule has 1 amide bonds. The lowest BCUT2D eigenvalue weighted by Gasteiger charge is -2.28. The number of aromatic hydroxyl groups is 1. The van der Waals surface area contributed by atoms with Gasteiger partial charge in [-0.1, -0.05) is 54.1 Å². The second kappa shape index (κ2) is 9.22. The first-order chi connectivity index (χ1) is 14.8. The van der Waals surface area contributed by atoms with E-state index in [0.29, 0.717) is 0 Å². The summed E-state index contributed by atoms with van der Waals surface area (Å²) < 4.78 is 28.3. The van der Waals surface area contributed by atoms with Crippen LogP contribution in [0.5, 0.6) is 5.75 Å². The van der Waals surface area contributed by atoms with Gasteiger partial charge in [-0.15, -0.1) is 0 Å². The molecular weight excluding hydrogens is 438 g/mol. The van der Waals surface area contributed by atoms with Crippen LogP contribution in [0.3, 0.4) is 0 Å². The van der Waals surface area contributed by atoms with E-state index in [1.165, 1.54) is 37.3 Å². The van der Waals surface area contributed by atoms with Crippen molar-refractivity contribution < 1.29 is 18.3 Å². The lowest BCUT2D eigenvalue weighted by atomic mass is 10.0. The Labute approximate surface area is 185 Å². The van der Waals surface area contributed by atoms with Crippen molar-refractivity contribution >= 4 is 38.8 Å². The van der Waals surface area contributed by atoms with Crippen LogP contribution >= 0.6 is 11.6 Å². The molecule has 0 fully saturated rings. The Kier molecular flexibility index (Phi) is 6.65. The molecule has 160 valence electrons. The van der Waals surface area contributed by atoms with E-state index in [2.05, 4.69) is 0 Å². The molecule has 0 aromatic heterocycles. The Hall–Kier alpha value is -3.33. The number of phenols is 1. The first-order valence-corrected chi connectivity index (χ1v) is 11.0. The molecule has 0 saturated carbocycles. The Morgan fingerprint density at radius 2 is 1.65 bits per heavy atom. The molecule has 0 aliphatic carbocycles. The van der Waals surface area contributed by atoms with Gasteiger partial charge in [0.1, 0.15) is 11.4 Å². The minimum Gasteiger partial charge on any atom is -0.507 e. The van der Waals surface area contributed by atoms with Gasteiger partial charge in [0.25, 0.3) is 15.9 Å². The summed E-state index contributed by atoms with van der Waals surface area (Å²) in [6.07, 6.45) is 0. The van der Waals surface area contributed by atoms with Crippen molar-refractivity contribution in [3.63, 3.8) is 0 Å². The number of carbonyl (C=O) groups is 1. The fourth-order valence-corrected chi connectivity index (χ4v) is 4.84. The molecule has 0 saturated heterocycles. The van der Waals surface area contributed by atoms with E-state index in [0.717, 1.165) is 4.31 Å². The summed E-state index contributed by atoms with van der Waals surface area (Å²) in [6, 6.07) is 20.0. The third kappa shape index (κ3) is 4.56. The molecule has 0 unspecified atom stereocenters. The number of nitrogens with one attached hydrogen (secondary N) is 1. The van der Waals surface area contributed by atoms with Gasteiger partial charge in [-0.05, 0) is 48.9 Å². The van der Waals surface area contributed by atoms with Crippen molar-refractivity contribution in [2.45, 2.75) is 11.8 Å². The lowest BCUT2D eigenvalue weighted by molar-refractivity contribution is -0.117. The first kappa shape index (κ1) is 22.4. The first-order valence-electron chi connectivity index (χ1n) is 9.13. The van der Waals surface area contributed by atoms with E-state index in [-0.39, 0.29) is 38.2 Å². The molecule has 3 aromatic carbocycles. The van der Waals surface area contributed by atoms with Crippen molar-refractivity contribution in [1.82, 2.24) is 5.43 Å². The van der Waals surface area contributed by atoms with Gasteiger partial charge in [-0.25, -0.2) is 18.6 Å². The molecule has 4 N–H and O–H groups in total. The fourth-order valence-electron chi connectivity index (χ4n) is 3.09. The van der Waals surface area contributed by atoms with E-state index < -0.39 is 15.9 Å². The van der Waals surface area contributed by atoms with Gasteiger partial charge in [0.2, 0.25) is 0 Å². The second-order valence-electron chi connectivity index (χ2n) is 6.53. The van der Waals surface area contributed by atoms with Crippen molar-refractivity contribution in [1.29, 1.82) is 0 Å². The van der Waals surface area contributed by atoms with Crippen molar-refractivity contribution in [2.24, 2.45) is 5.84 Å². The SMILES string of the molecule is CC(=C(C(=O)NN)N(c1cccc(Cl)c1)S(=O)(=O)c1ccccc1)c1ccccc1O. The predicted molar refractivity (Wildman–Crippen MR) is 121 cm³/mol. The molecular formula is C22H20ClN3O4S. The number of halogens is 1. The number of phenolic OH excluding ortho intramolecular Hbond substituents is 1. The maximum atomic E-state index is 13.7. The van der Waals surface area contributed by atoms with E-state index >= 15 is 0 Å². The summed E-state index contributed by atoms with van der Waals surface area (Å²) in [4.78, 5) is 12.9. The number of carbonyl (C=O) groups excluding carboxylic acids is 1. The standard InChI is InChI=1S/C22H20ClN3O4S/c1-15(19-12-5-6-13-20(19)27)21(22(28)25-24)26(17-9-7-8-16(23)14-17)31(29,30)18-10-3-2-4-11-18/h2-14,27H,24H2,1H3,(H,25,28). The number of benzene rings is 3. The lowest BCUT2D eigenvalue weighted by Crippen LogP contribution is -2.42. The molecule has 3 aromatic rings. The quantitative estimate of drug-likeness (QED) is 0.226. The molecule has 3 rings (SSSR count). The van der Waals surface area contributed by atoms with Gasteiger partial charge in [0, 0.05) is 10.6 Å².